The fourth-order valence-electron chi connectivity index (χ4n) is 1.45. The standard InChI is InChI=1S/C12H15Br2NO4S/c1-4-12(3,11(16)17)15-20(18,19)10-6-8(13)7(2)5-9(10)14/h5-6,15H,4H2,1-3H3,(H,16,17). The van der Waals surface area contributed by atoms with Crippen LogP contribution in [0, 0.1) is 6.92 Å². The number of rotatable bonds is 5. The first-order chi connectivity index (χ1) is 9.03. The molecule has 20 heavy (non-hydrogen) atoms. The van der Waals surface area contributed by atoms with Crippen LogP contribution in [-0.4, -0.2) is 25.0 Å². The van der Waals surface area contributed by atoms with E-state index in [0.29, 0.717) is 8.95 Å². The molecule has 1 aromatic rings. The third kappa shape index (κ3) is 3.60. The van der Waals surface area contributed by atoms with Crippen LogP contribution in [0.15, 0.2) is 26.0 Å². The smallest absolute Gasteiger partial charge is 0.324 e. The van der Waals surface area contributed by atoms with Crippen LogP contribution in [-0.2, 0) is 14.8 Å². The molecule has 112 valence electrons. The lowest BCUT2D eigenvalue weighted by Gasteiger charge is -2.24. The van der Waals surface area contributed by atoms with E-state index in [0.717, 1.165) is 5.56 Å². The number of carbonyl (C=O) groups is 1. The number of aliphatic carboxylic acids is 1. The summed E-state index contributed by atoms with van der Waals surface area (Å²) in [5, 5.41) is 9.16. The second kappa shape index (κ2) is 6.13. The summed E-state index contributed by atoms with van der Waals surface area (Å²) >= 11 is 6.47. The van der Waals surface area contributed by atoms with E-state index in [-0.39, 0.29) is 11.3 Å². The second-order valence-electron chi connectivity index (χ2n) is 4.63. The Hall–Kier alpha value is -0.440. The van der Waals surface area contributed by atoms with Crippen molar-refractivity contribution in [3.8, 4) is 0 Å². The van der Waals surface area contributed by atoms with Gasteiger partial charge in [-0.3, -0.25) is 4.79 Å². The molecular weight excluding hydrogens is 414 g/mol. The van der Waals surface area contributed by atoms with Crippen LogP contribution >= 0.6 is 31.9 Å². The van der Waals surface area contributed by atoms with Crippen molar-refractivity contribution in [2.24, 2.45) is 0 Å². The molecule has 1 rings (SSSR count). The van der Waals surface area contributed by atoms with Crippen molar-refractivity contribution in [2.75, 3.05) is 0 Å². The fourth-order valence-corrected chi connectivity index (χ4v) is 4.57. The Morgan fingerprint density at radius 3 is 2.35 bits per heavy atom. The van der Waals surface area contributed by atoms with Crippen molar-refractivity contribution in [2.45, 2.75) is 37.6 Å². The summed E-state index contributed by atoms with van der Waals surface area (Å²) < 4.78 is 28.0. The largest absolute Gasteiger partial charge is 0.480 e. The number of hydrogen-bond acceptors (Lipinski definition) is 3. The Bertz CT molecular complexity index is 645. The number of nitrogens with one attached hydrogen (secondary N) is 1. The maximum Gasteiger partial charge on any atom is 0.324 e. The fraction of sp³-hybridized carbons (Fsp3) is 0.417. The molecule has 0 spiro atoms. The van der Waals surface area contributed by atoms with Gasteiger partial charge in [-0.05, 0) is 53.9 Å². The van der Waals surface area contributed by atoms with Crippen LogP contribution in [0.5, 0.6) is 0 Å². The molecule has 0 saturated heterocycles. The van der Waals surface area contributed by atoms with Gasteiger partial charge in [0.2, 0.25) is 10.0 Å². The Morgan fingerprint density at radius 2 is 1.90 bits per heavy atom. The first kappa shape index (κ1) is 17.6. The van der Waals surface area contributed by atoms with Gasteiger partial charge in [0.1, 0.15) is 5.54 Å². The van der Waals surface area contributed by atoms with Crippen LogP contribution in [0.4, 0.5) is 0 Å². The SMILES string of the molecule is CCC(C)(NS(=O)(=O)c1cc(Br)c(C)cc1Br)C(=O)O. The number of hydrogen-bond donors (Lipinski definition) is 2. The average molecular weight is 429 g/mol. The molecule has 8 heteroatoms. The second-order valence-corrected chi connectivity index (χ2v) is 7.99. The summed E-state index contributed by atoms with van der Waals surface area (Å²) in [6.45, 7) is 4.77. The zero-order chi connectivity index (χ0) is 15.7. The van der Waals surface area contributed by atoms with Crippen molar-refractivity contribution >= 4 is 47.9 Å². The maximum atomic E-state index is 12.4. The monoisotopic (exact) mass is 427 g/mol. The zero-order valence-corrected chi connectivity index (χ0v) is 15.2. The molecule has 0 heterocycles. The summed E-state index contributed by atoms with van der Waals surface area (Å²) in [5.41, 5.74) is -0.678. The molecule has 0 amide bonds. The number of carboxylic acid groups (broad SMARTS) is 1. The number of benzene rings is 1. The van der Waals surface area contributed by atoms with Crippen LogP contribution in [0.2, 0.25) is 0 Å². The maximum absolute atomic E-state index is 12.4. The number of halogens is 2. The van der Waals surface area contributed by atoms with Gasteiger partial charge in [-0.1, -0.05) is 22.9 Å². The molecule has 2 N–H and O–H groups in total. The Labute approximate surface area is 135 Å². The number of sulfonamides is 1. The summed E-state index contributed by atoms with van der Waals surface area (Å²) in [6.07, 6.45) is 0.131. The van der Waals surface area contributed by atoms with Gasteiger partial charge in [-0.25, -0.2) is 8.42 Å². The minimum atomic E-state index is -3.95. The highest BCUT2D eigenvalue weighted by molar-refractivity contribution is 9.11. The van der Waals surface area contributed by atoms with Gasteiger partial charge in [0.25, 0.3) is 0 Å². The number of aryl methyl sites for hydroxylation is 1. The highest BCUT2D eigenvalue weighted by Gasteiger charge is 2.36. The van der Waals surface area contributed by atoms with E-state index >= 15 is 0 Å². The topological polar surface area (TPSA) is 83.5 Å². The Morgan fingerprint density at radius 1 is 1.35 bits per heavy atom. The first-order valence-electron chi connectivity index (χ1n) is 5.76. The van der Waals surface area contributed by atoms with Crippen LogP contribution in [0.25, 0.3) is 0 Å². The Kier molecular flexibility index (Phi) is 5.40. The zero-order valence-electron chi connectivity index (χ0n) is 11.2. The first-order valence-corrected chi connectivity index (χ1v) is 8.83. The Balaban J connectivity index is 3.32. The van der Waals surface area contributed by atoms with Gasteiger partial charge in [-0.15, -0.1) is 0 Å². The highest BCUT2D eigenvalue weighted by Crippen LogP contribution is 2.29. The predicted octanol–water partition coefficient (Wildman–Crippen LogP) is 3.05. The van der Waals surface area contributed by atoms with E-state index in [2.05, 4.69) is 36.6 Å². The lowest BCUT2D eigenvalue weighted by atomic mass is 10.0. The predicted molar refractivity (Wildman–Crippen MR) is 83.2 cm³/mol. The molecule has 0 aliphatic carbocycles. The van der Waals surface area contributed by atoms with Crippen molar-refractivity contribution < 1.29 is 18.3 Å². The molecule has 5 nitrogen and oxygen atoms in total. The molecule has 0 aliphatic rings. The minimum absolute atomic E-state index is 0.00380. The molecule has 1 aromatic carbocycles. The summed E-state index contributed by atoms with van der Waals surface area (Å²) in [5.74, 6) is -1.22. The highest BCUT2D eigenvalue weighted by atomic mass is 79.9. The molecule has 1 atom stereocenters. The molecule has 0 bridgehead atoms. The van der Waals surface area contributed by atoms with Crippen LogP contribution in [0.1, 0.15) is 25.8 Å². The van der Waals surface area contributed by atoms with E-state index in [1.165, 1.54) is 13.0 Å². The van der Waals surface area contributed by atoms with Crippen molar-refractivity contribution in [1.82, 2.24) is 4.72 Å². The van der Waals surface area contributed by atoms with E-state index in [4.69, 9.17) is 5.11 Å². The number of carboxylic acids is 1. The van der Waals surface area contributed by atoms with Gasteiger partial charge in [0, 0.05) is 8.95 Å². The molecule has 0 radical (unpaired) electrons. The molecule has 0 aliphatic heterocycles. The van der Waals surface area contributed by atoms with E-state index in [9.17, 15) is 13.2 Å². The quantitative estimate of drug-likeness (QED) is 0.754. The molecule has 1 unspecified atom stereocenters. The molecule has 0 saturated carbocycles. The lowest BCUT2D eigenvalue weighted by Crippen LogP contribution is -2.51. The van der Waals surface area contributed by atoms with E-state index in [1.807, 2.05) is 6.92 Å². The average Bonchev–Trinajstić information content (AvgIpc) is 2.32. The van der Waals surface area contributed by atoms with Gasteiger partial charge in [-0.2, -0.15) is 4.72 Å². The minimum Gasteiger partial charge on any atom is -0.480 e. The van der Waals surface area contributed by atoms with Crippen LogP contribution in [0.3, 0.4) is 0 Å². The lowest BCUT2D eigenvalue weighted by molar-refractivity contribution is -0.143. The normalized spacial score (nSPS) is 14.8. The summed E-state index contributed by atoms with van der Waals surface area (Å²) in [4.78, 5) is 11.2. The molecular formula is C12H15Br2NO4S. The van der Waals surface area contributed by atoms with E-state index in [1.54, 1.807) is 13.0 Å². The van der Waals surface area contributed by atoms with Gasteiger partial charge in [0.05, 0.1) is 4.90 Å². The van der Waals surface area contributed by atoms with Crippen molar-refractivity contribution in [3.63, 3.8) is 0 Å². The van der Waals surface area contributed by atoms with Crippen molar-refractivity contribution in [1.29, 1.82) is 0 Å². The van der Waals surface area contributed by atoms with Gasteiger partial charge < -0.3 is 5.11 Å². The molecule has 0 aromatic heterocycles. The van der Waals surface area contributed by atoms with Gasteiger partial charge in [0.15, 0.2) is 0 Å². The van der Waals surface area contributed by atoms with E-state index < -0.39 is 21.5 Å². The van der Waals surface area contributed by atoms with Crippen LogP contribution < -0.4 is 4.72 Å². The molecule has 0 fully saturated rings. The third-order valence-corrected chi connectivity index (χ3v) is 6.45. The summed E-state index contributed by atoms with van der Waals surface area (Å²) in [6, 6.07) is 3.10. The third-order valence-electron chi connectivity index (χ3n) is 3.04. The van der Waals surface area contributed by atoms with Gasteiger partial charge >= 0.3 is 5.97 Å². The van der Waals surface area contributed by atoms with Crippen molar-refractivity contribution in [3.05, 3.63) is 26.6 Å². The summed E-state index contributed by atoms with van der Waals surface area (Å²) in [7, 11) is -3.95.